The predicted molar refractivity (Wildman–Crippen MR) is 92.3 cm³/mol. The summed E-state index contributed by atoms with van der Waals surface area (Å²) in [6, 6.07) is 6.10. The molecule has 1 saturated heterocycles. The van der Waals surface area contributed by atoms with Crippen molar-refractivity contribution in [2.75, 3.05) is 25.2 Å². The number of hydrogen-bond donors (Lipinski definition) is 0. The van der Waals surface area contributed by atoms with Crippen molar-refractivity contribution in [3.63, 3.8) is 0 Å². The van der Waals surface area contributed by atoms with Gasteiger partial charge in [0.15, 0.2) is 16.4 Å². The van der Waals surface area contributed by atoms with Crippen LogP contribution in [-0.4, -0.2) is 62.5 Å². The van der Waals surface area contributed by atoms with E-state index in [4.69, 9.17) is 9.47 Å². The Kier molecular flexibility index (Phi) is 6.05. The molecule has 7 nitrogen and oxygen atoms in total. The molecule has 2 rings (SSSR count). The Bertz CT molecular complexity index is 726. The smallest absolute Gasteiger partial charge is 0.338 e. The molecule has 1 aromatic rings. The summed E-state index contributed by atoms with van der Waals surface area (Å²) in [6.45, 7) is 3.38. The van der Waals surface area contributed by atoms with Crippen molar-refractivity contribution < 1.29 is 27.5 Å². The summed E-state index contributed by atoms with van der Waals surface area (Å²) in [6.07, 6.45) is 0.445. The fourth-order valence-corrected chi connectivity index (χ4v) is 4.31. The summed E-state index contributed by atoms with van der Waals surface area (Å²) >= 11 is 0. The highest BCUT2D eigenvalue weighted by molar-refractivity contribution is 7.91. The molecule has 1 aliphatic rings. The number of likely N-dealkylation sites (N-methyl/N-ethyl adjacent to an activating group) is 1. The second-order valence-corrected chi connectivity index (χ2v) is 8.56. The Hall–Kier alpha value is -2.09. The average Bonchev–Trinajstić information content (AvgIpc) is 2.91. The molecule has 8 heteroatoms. The highest BCUT2D eigenvalue weighted by Gasteiger charge is 2.32. The van der Waals surface area contributed by atoms with E-state index in [0.29, 0.717) is 17.7 Å². The molecule has 138 valence electrons. The third-order valence-corrected chi connectivity index (χ3v) is 5.69. The van der Waals surface area contributed by atoms with Gasteiger partial charge in [0.05, 0.1) is 23.2 Å². The van der Waals surface area contributed by atoms with Gasteiger partial charge in [-0.15, -0.1) is 0 Å². The van der Waals surface area contributed by atoms with Gasteiger partial charge in [0.2, 0.25) is 0 Å². The number of amides is 1. The van der Waals surface area contributed by atoms with Gasteiger partial charge in [0.25, 0.3) is 5.91 Å². The molecule has 25 heavy (non-hydrogen) atoms. The first-order valence-electron chi connectivity index (χ1n) is 8.08. The Labute approximate surface area is 147 Å². The van der Waals surface area contributed by atoms with Crippen LogP contribution in [-0.2, 0) is 19.4 Å². The fraction of sp³-hybridized carbons (Fsp3) is 0.529. The zero-order valence-electron chi connectivity index (χ0n) is 14.6. The standard InChI is InChI=1S/C17H23NO6S/c1-12(2)24-15-6-4-13(5-7-15)17(20)23-10-16(19)18(3)14-8-9-25(21,22)11-14/h4-7,12,14H,8-11H2,1-3H3/t14-/m1/s1. The molecule has 1 atom stereocenters. The Morgan fingerprint density at radius 1 is 1.24 bits per heavy atom. The number of benzene rings is 1. The molecule has 1 aliphatic heterocycles. The van der Waals surface area contributed by atoms with Crippen molar-refractivity contribution in [2.45, 2.75) is 32.4 Å². The Balaban J connectivity index is 1.85. The summed E-state index contributed by atoms with van der Waals surface area (Å²) in [5.74, 6) is -0.350. The zero-order valence-corrected chi connectivity index (χ0v) is 15.4. The minimum absolute atomic E-state index is 0.0327. The lowest BCUT2D eigenvalue weighted by molar-refractivity contribution is -0.134. The molecule has 0 spiro atoms. The van der Waals surface area contributed by atoms with Crippen LogP contribution in [0.4, 0.5) is 0 Å². The van der Waals surface area contributed by atoms with Crippen LogP contribution in [0.3, 0.4) is 0 Å². The van der Waals surface area contributed by atoms with E-state index in [1.165, 1.54) is 11.9 Å². The molecule has 0 aromatic heterocycles. The second-order valence-electron chi connectivity index (χ2n) is 6.33. The molecule has 1 heterocycles. The zero-order chi connectivity index (χ0) is 18.6. The number of rotatable bonds is 6. The maximum Gasteiger partial charge on any atom is 0.338 e. The van der Waals surface area contributed by atoms with Crippen molar-refractivity contribution in [1.29, 1.82) is 0 Å². The van der Waals surface area contributed by atoms with Gasteiger partial charge >= 0.3 is 5.97 Å². The van der Waals surface area contributed by atoms with Gasteiger partial charge in [0, 0.05) is 13.1 Å². The fourth-order valence-electron chi connectivity index (χ4n) is 2.54. The van der Waals surface area contributed by atoms with Crippen LogP contribution in [0.15, 0.2) is 24.3 Å². The molecule has 0 N–H and O–H groups in total. The molecule has 0 unspecified atom stereocenters. The highest BCUT2D eigenvalue weighted by atomic mass is 32.2. The number of nitrogens with zero attached hydrogens (tertiary/aromatic N) is 1. The van der Waals surface area contributed by atoms with E-state index < -0.39 is 28.3 Å². The molecule has 0 saturated carbocycles. The third-order valence-electron chi connectivity index (χ3n) is 3.94. The molecule has 1 fully saturated rings. The van der Waals surface area contributed by atoms with Crippen LogP contribution in [0, 0.1) is 0 Å². The number of sulfone groups is 1. The summed E-state index contributed by atoms with van der Waals surface area (Å²) in [5.41, 5.74) is 0.315. The Morgan fingerprint density at radius 2 is 1.88 bits per heavy atom. The largest absolute Gasteiger partial charge is 0.491 e. The lowest BCUT2D eigenvalue weighted by Crippen LogP contribution is -2.40. The van der Waals surface area contributed by atoms with Crippen molar-refractivity contribution in [1.82, 2.24) is 4.90 Å². The molecule has 0 bridgehead atoms. The number of esters is 1. The minimum Gasteiger partial charge on any atom is -0.491 e. The number of carbonyl (C=O) groups is 2. The van der Waals surface area contributed by atoms with Crippen molar-refractivity contribution in [3.8, 4) is 5.75 Å². The van der Waals surface area contributed by atoms with Crippen molar-refractivity contribution >= 4 is 21.7 Å². The lowest BCUT2D eigenvalue weighted by Gasteiger charge is -2.23. The molecule has 0 radical (unpaired) electrons. The first-order valence-corrected chi connectivity index (χ1v) is 9.90. The monoisotopic (exact) mass is 369 g/mol. The normalized spacial score (nSPS) is 18.8. The van der Waals surface area contributed by atoms with Gasteiger partial charge in [-0.1, -0.05) is 0 Å². The lowest BCUT2D eigenvalue weighted by atomic mass is 10.2. The van der Waals surface area contributed by atoms with Gasteiger partial charge in [0.1, 0.15) is 5.75 Å². The topological polar surface area (TPSA) is 90.0 Å². The summed E-state index contributed by atoms with van der Waals surface area (Å²) in [5, 5.41) is 0. The van der Waals surface area contributed by atoms with E-state index in [9.17, 15) is 18.0 Å². The molecule has 1 aromatic carbocycles. The van der Waals surface area contributed by atoms with E-state index in [2.05, 4.69) is 0 Å². The predicted octanol–water partition coefficient (Wildman–Crippen LogP) is 1.28. The van der Waals surface area contributed by atoms with Crippen LogP contribution in [0.5, 0.6) is 5.75 Å². The number of hydrogen-bond acceptors (Lipinski definition) is 6. The minimum atomic E-state index is -3.07. The summed E-state index contributed by atoms with van der Waals surface area (Å²) in [4.78, 5) is 25.4. The summed E-state index contributed by atoms with van der Waals surface area (Å²) < 4.78 is 33.5. The molecule has 1 amide bonds. The van der Waals surface area contributed by atoms with Gasteiger partial charge < -0.3 is 14.4 Å². The van der Waals surface area contributed by atoms with Crippen LogP contribution >= 0.6 is 0 Å². The summed E-state index contributed by atoms with van der Waals surface area (Å²) in [7, 11) is -1.55. The van der Waals surface area contributed by atoms with E-state index in [-0.39, 0.29) is 23.7 Å². The maximum absolute atomic E-state index is 12.1. The molecular weight excluding hydrogens is 346 g/mol. The van der Waals surface area contributed by atoms with Crippen LogP contribution < -0.4 is 4.74 Å². The number of carbonyl (C=O) groups excluding carboxylic acids is 2. The maximum atomic E-state index is 12.1. The van der Waals surface area contributed by atoms with E-state index in [1.807, 2.05) is 13.8 Å². The van der Waals surface area contributed by atoms with Crippen molar-refractivity contribution in [2.24, 2.45) is 0 Å². The highest BCUT2D eigenvalue weighted by Crippen LogP contribution is 2.17. The van der Waals surface area contributed by atoms with Crippen LogP contribution in [0.1, 0.15) is 30.6 Å². The first kappa shape index (κ1) is 19.2. The van der Waals surface area contributed by atoms with E-state index in [0.717, 1.165) is 0 Å². The van der Waals surface area contributed by atoms with Gasteiger partial charge in [-0.25, -0.2) is 13.2 Å². The quantitative estimate of drug-likeness (QED) is 0.702. The SMILES string of the molecule is CC(C)Oc1ccc(C(=O)OCC(=O)N(C)[C@@H]2CCS(=O)(=O)C2)cc1. The second kappa shape index (κ2) is 7.86. The first-order chi connectivity index (χ1) is 11.7. The van der Waals surface area contributed by atoms with Crippen LogP contribution in [0.25, 0.3) is 0 Å². The molecule has 0 aliphatic carbocycles. The van der Waals surface area contributed by atoms with Crippen LogP contribution in [0.2, 0.25) is 0 Å². The van der Waals surface area contributed by atoms with Gasteiger partial charge in [-0.3, -0.25) is 4.79 Å². The number of ether oxygens (including phenoxy) is 2. The van der Waals surface area contributed by atoms with Gasteiger partial charge in [-0.2, -0.15) is 0 Å². The third kappa shape index (κ3) is 5.45. The molecular formula is C17H23NO6S. The van der Waals surface area contributed by atoms with Crippen molar-refractivity contribution in [3.05, 3.63) is 29.8 Å². The van der Waals surface area contributed by atoms with E-state index >= 15 is 0 Å². The van der Waals surface area contributed by atoms with Gasteiger partial charge in [-0.05, 0) is 44.5 Å². The van der Waals surface area contributed by atoms with E-state index in [1.54, 1.807) is 24.3 Å². The average molecular weight is 369 g/mol. The Morgan fingerprint density at radius 3 is 2.40 bits per heavy atom.